The molecular formula is C19H28BrNO4. The lowest BCUT2D eigenvalue weighted by molar-refractivity contribution is -0.148. The molecule has 0 aromatic rings. The van der Waals surface area contributed by atoms with E-state index in [9.17, 15) is 9.59 Å². The molecule has 1 heterocycles. The number of nitrogens with zero attached hydrogens (tertiary/aromatic N) is 1. The lowest BCUT2D eigenvalue weighted by atomic mass is 9.70. The van der Waals surface area contributed by atoms with Gasteiger partial charge in [0, 0.05) is 23.0 Å². The van der Waals surface area contributed by atoms with Crippen LogP contribution in [0.1, 0.15) is 41.0 Å². The number of carbonyl (C=O) groups excluding carboxylic acids is 2. The van der Waals surface area contributed by atoms with Gasteiger partial charge in [-0.2, -0.15) is 0 Å². The summed E-state index contributed by atoms with van der Waals surface area (Å²) in [5, 5.41) is 0. The zero-order valence-corrected chi connectivity index (χ0v) is 17.3. The van der Waals surface area contributed by atoms with Crippen molar-refractivity contribution >= 4 is 28.0 Å². The number of halogens is 1. The molecule has 0 saturated carbocycles. The summed E-state index contributed by atoms with van der Waals surface area (Å²) < 4.78 is 11.4. The maximum atomic E-state index is 12.3. The predicted molar refractivity (Wildman–Crippen MR) is 102 cm³/mol. The molecule has 5 nitrogen and oxygen atoms in total. The van der Waals surface area contributed by atoms with Crippen molar-refractivity contribution in [1.82, 2.24) is 4.90 Å². The van der Waals surface area contributed by atoms with E-state index in [-0.39, 0.29) is 18.5 Å². The number of hydrogen-bond acceptors (Lipinski definition) is 4. The smallest absolute Gasteiger partial charge is 0.410 e. The van der Waals surface area contributed by atoms with Gasteiger partial charge < -0.3 is 14.4 Å². The highest BCUT2D eigenvalue weighted by atomic mass is 79.9. The van der Waals surface area contributed by atoms with E-state index < -0.39 is 11.0 Å². The molecule has 25 heavy (non-hydrogen) atoms. The Morgan fingerprint density at radius 1 is 1.32 bits per heavy atom. The molecule has 0 unspecified atom stereocenters. The second kappa shape index (κ2) is 8.70. The summed E-state index contributed by atoms with van der Waals surface area (Å²) in [6, 6.07) is 0. The van der Waals surface area contributed by atoms with Crippen molar-refractivity contribution in [2.75, 3.05) is 19.7 Å². The highest BCUT2D eigenvalue weighted by molar-refractivity contribution is 9.11. The Morgan fingerprint density at radius 3 is 2.36 bits per heavy atom. The van der Waals surface area contributed by atoms with Crippen LogP contribution >= 0.6 is 15.9 Å². The molecule has 1 amide bonds. The van der Waals surface area contributed by atoms with Gasteiger partial charge in [0.2, 0.25) is 0 Å². The lowest BCUT2D eigenvalue weighted by Gasteiger charge is -2.50. The second-order valence-electron chi connectivity index (χ2n) is 7.08. The minimum atomic E-state index is -0.554. The zero-order valence-electron chi connectivity index (χ0n) is 15.7. The minimum Gasteiger partial charge on any atom is -0.466 e. The van der Waals surface area contributed by atoms with Gasteiger partial charge in [0.05, 0.1) is 13.0 Å². The molecule has 1 rings (SSSR count). The van der Waals surface area contributed by atoms with Gasteiger partial charge in [-0.25, -0.2) is 4.79 Å². The monoisotopic (exact) mass is 413 g/mol. The molecule has 140 valence electrons. The fourth-order valence-electron chi connectivity index (χ4n) is 2.69. The van der Waals surface area contributed by atoms with Crippen LogP contribution in [0.2, 0.25) is 0 Å². The SMILES string of the molecule is C=C/C(=C\C(Br)=C/C)C1(CC(=O)OCC)CN(C(=O)OC(C)(C)C)C1. The fourth-order valence-corrected chi connectivity index (χ4v) is 2.93. The Balaban J connectivity index is 3.01. The van der Waals surface area contributed by atoms with E-state index in [0.717, 1.165) is 10.1 Å². The van der Waals surface area contributed by atoms with Gasteiger partial charge in [-0.3, -0.25) is 4.79 Å². The van der Waals surface area contributed by atoms with Crippen molar-refractivity contribution in [2.24, 2.45) is 5.41 Å². The molecule has 0 aromatic heterocycles. The normalized spacial score (nSPS) is 17.6. The number of amides is 1. The number of likely N-dealkylation sites (tertiary alicyclic amines) is 1. The molecule has 0 aliphatic carbocycles. The van der Waals surface area contributed by atoms with Gasteiger partial charge in [-0.1, -0.05) is 34.7 Å². The second-order valence-corrected chi connectivity index (χ2v) is 7.99. The summed E-state index contributed by atoms with van der Waals surface area (Å²) in [4.78, 5) is 25.9. The van der Waals surface area contributed by atoms with Gasteiger partial charge in [-0.15, -0.1) is 0 Å². The topological polar surface area (TPSA) is 55.8 Å². The molecule has 0 N–H and O–H groups in total. The van der Waals surface area contributed by atoms with E-state index in [2.05, 4.69) is 22.5 Å². The Labute approximate surface area is 158 Å². The highest BCUT2D eigenvalue weighted by Gasteiger charge is 2.49. The van der Waals surface area contributed by atoms with Crippen molar-refractivity contribution < 1.29 is 19.1 Å². The van der Waals surface area contributed by atoms with Gasteiger partial charge in [0.25, 0.3) is 0 Å². The first-order chi connectivity index (χ1) is 11.6. The summed E-state index contributed by atoms with van der Waals surface area (Å²) in [6.07, 6.45) is 5.39. The van der Waals surface area contributed by atoms with Gasteiger partial charge >= 0.3 is 12.1 Å². The first kappa shape index (κ1) is 21.5. The van der Waals surface area contributed by atoms with Crippen molar-refractivity contribution in [3.8, 4) is 0 Å². The first-order valence-electron chi connectivity index (χ1n) is 8.37. The molecule has 0 bridgehead atoms. The molecule has 0 spiro atoms. The van der Waals surface area contributed by atoms with Gasteiger partial charge in [0.1, 0.15) is 5.60 Å². The molecule has 6 heteroatoms. The summed E-state index contributed by atoms with van der Waals surface area (Å²) in [6.45, 7) is 14.2. The van der Waals surface area contributed by atoms with E-state index >= 15 is 0 Å². The van der Waals surface area contributed by atoms with Crippen LogP contribution < -0.4 is 0 Å². The summed E-state index contributed by atoms with van der Waals surface area (Å²) >= 11 is 3.46. The summed E-state index contributed by atoms with van der Waals surface area (Å²) in [5.41, 5.74) is -0.167. The number of ether oxygens (including phenoxy) is 2. The largest absolute Gasteiger partial charge is 0.466 e. The third-order valence-electron chi connectivity index (χ3n) is 3.83. The third-order valence-corrected chi connectivity index (χ3v) is 4.52. The standard InChI is InChI=1S/C19H28BrNO4/c1-7-14(10-15(20)8-2)19(11-16(22)24-9-3)12-21(13-19)17(23)25-18(4,5)6/h7-8,10H,1,9,11-13H2,2-6H3/b14-10+,15-8+. The summed E-state index contributed by atoms with van der Waals surface area (Å²) in [7, 11) is 0. The fraction of sp³-hybridized carbons (Fsp3) is 0.579. The maximum Gasteiger partial charge on any atom is 0.410 e. The van der Waals surface area contributed by atoms with Crippen molar-refractivity contribution in [1.29, 1.82) is 0 Å². The number of rotatable bonds is 6. The van der Waals surface area contributed by atoms with Crippen LogP contribution in [0.25, 0.3) is 0 Å². The van der Waals surface area contributed by atoms with E-state index in [1.807, 2.05) is 39.8 Å². The Bertz CT molecular complexity index is 581. The van der Waals surface area contributed by atoms with Crippen LogP contribution in [0.3, 0.4) is 0 Å². The molecule has 1 aliphatic heterocycles. The number of esters is 1. The lowest BCUT2D eigenvalue weighted by Crippen LogP contribution is -2.60. The van der Waals surface area contributed by atoms with Gasteiger partial charge in [0.15, 0.2) is 0 Å². The Morgan fingerprint density at radius 2 is 1.92 bits per heavy atom. The molecule has 1 fully saturated rings. The molecule has 0 radical (unpaired) electrons. The molecular weight excluding hydrogens is 386 g/mol. The minimum absolute atomic E-state index is 0.196. The van der Waals surface area contributed by atoms with Crippen molar-refractivity contribution in [3.05, 3.63) is 34.9 Å². The average molecular weight is 414 g/mol. The number of carbonyl (C=O) groups is 2. The predicted octanol–water partition coefficient (Wildman–Crippen LogP) is 4.59. The van der Waals surface area contributed by atoms with Crippen LogP contribution in [-0.4, -0.2) is 42.3 Å². The zero-order chi connectivity index (χ0) is 19.3. The maximum absolute atomic E-state index is 12.3. The summed E-state index contributed by atoms with van der Waals surface area (Å²) in [5.74, 6) is -0.282. The number of hydrogen-bond donors (Lipinski definition) is 0. The Kier molecular flexibility index (Phi) is 7.47. The van der Waals surface area contributed by atoms with Crippen molar-refractivity contribution in [3.63, 3.8) is 0 Å². The molecule has 0 aromatic carbocycles. The van der Waals surface area contributed by atoms with Crippen LogP contribution in [0.5, 0.6) is 0 Å². The van der Waals surface area contributed by atoms with Crippen LogP contribution in [0.15, 0.2) is 34.9 Å². The van der Waals surface area contributed by atoms with E-state index in [4.69, 9.17) is 9.47 Å². The number of allylic oxidation sites excluding steroid dienone is 4. The highest BCUT2D eigenvalue weighted by Crippen LogP contribution is 2.43. The first-order valence-corrected chi connectivity index (χ1v) is 9.16. The van der Waals surface area contributed by atoms with E-state index in [1.54, 1.807) is 17.9 Å². The third kappa shape index (κ3) is 6.03. The van der Waals surface area contributed by atoms with Crippen LogP contribution in [0.4, 0.5) is 4.79 Å². The van der Waals surface area contributed by atoms with Gasteiger partial charge in [-0.05, 0) is 46.3 Å². The van der Waals surface area contributed by atoms with Crippen LogP contribution in [0, 0.1) is 5.41 Å². The molecule has 1 aliphatic rings. The van der Waals surface area contributed by atoms with Crippen LogP contribution in [-0.2, 0) is 14.3 Å². The quantitative estimate of drug-likeness (QED) is 0.471. The van der Waals surface area contributed by atoms with Crippen molar-refractivity contribution in [2.45, 2.75) is 46.6 Å². The molecule has 1 saturated heterocycles. The van der Waals surface area contributed by atoms with E-state index in [1.165, 1.54) is 0 Å². The average Bonchev–Trinajstić information content (AvgIpc) is 2.46. The van der Waals surface area contributed by atoms with E-state index in [0.29, 0.717) is 19.7 Å². The Hall–Kier alpha value is -1.56. The molecule has 0 atom stereocenters.